The molecule has 1 fully saturated rings. The van der Waals surface area contributed by atoms with Crippen molar-refractivity contribution in [1.82, 2.24) is 14.8 Å². The molecule has 0 aliphatic carbocycles. The second kappa shape index (κ2) is 5.67. The molecule has 0 radical (unpaired) electrons. The Morgan fingerprint density at radius 1 is 1.45 bits per heavy atom. The molecule has 116 valence electrons. The highest BCUT2D eigenvalue weighted by Gasteiger charge is 2.38. The third-order valence-corrected chi connectivity index (χ3v) is 6.63. The number of carbonyl (C=O) groups excluding carboxylic acids is 1. The summed E-state index contributed by atoms with van der Waals surface area (Å²) in [4.78, 5) is 11.9. The van der Waals surface area contributed by atoms with Crippen molar-refractivity contribution >= 4 is 27.3 Å². The van der Waals surface area contributed by atoms with Gasteiger partial charge in [0.05, 0.1) is 17.1 Å². The van der Waals surface area contributed by atoms with Gasteiger partial charge in [-0.25, -0.2) is 8.42 Å². The Kier molecular flexibility index (Phi) is 3.85. The van der Waals surface area contributed by atoms with Gasteiger partial charge in [-0.2, -0.15) is 4.31 Å². The molecular formula is C13H13N3O4S2. The Morgan fingerprint density at radius 3 is 2.86 bits per heavy atom. The van der Waals surface area contributed by atoms with Gasteiger partial charge in [0, 0.05) is 19.2 Å². The number of thiophene rings is 1. The first-order chi connectivity index (χ1) is 10.5. The van der Waals surface area contributed by atoms with Crippen LogP contribution in [-0.2, 0) is 14.8 Å². The second-order valence-electron chi connectivity index (χ2n) is 4.73. The summed E-state index contributed by atoms with van der Waals surface area (Å²) in [6.45, 7) is 3.88. The van der Waals surface area contributed by atoms with Gasteiger partial charge in [0.15, 0.2) is 5.76 Å². The third kappa shape index (κ3) is 2.70. The molecule has 0 bridgehead atoms. The van der Waals surface area contributed by atoms with E-state index in [-0.39, 0.29) is 29.2 Å². The lowest BCUT2D eigenvalue weighted by Crippen LogP contribution is -2.60. The predicted octanol–water partition coefficient (Wildman–Crippen LogP) is 1.08. The van der Waals surface area contributed by atoms with Crippen molar-refractivity contribution in [3.8, 4) is 10.6 Å². The lowest BCUT2D eigenvalue weighted by molar-refractivity contribution is -0.117. The van der Waals surface area contributed by atoms with Crippen LogP contribution in [0.3, 0.4) is 0 Å². The van der Waals surface area contributed by atoms with Gasteiger partial charge in [-0.1, -0.05) is 11.7 Å². The maximum Gasteiger partial charge on any atom is 0.252 e. The van der Waals surface area contributed by atoms with Gasteiger partial charge in [-0.3, -0.25) is 4.79 Å². The molecule has 0 aromatic carbocycles. The summed E-state index contributed by atoms with van der Waals surface area (Å²) in [6.07, 6.45) is 2.67. The zero-order valence-electron chi connectivity index (χ0n) is 11.4. The quantitative estimate of drug-likeness (QED) is 0.823. The summed E-state index contributed by atoms with van der Waals surface area (Å²) in [5, 5.41) is 6.27. The fourth-order valence-electron chi connectivity index (χ4n) is 2.05. The zero-order valence-corrected chi connectivity index (χ0v) is 13.1. The maximum atomic E-state index is 12.5. The van der Waals surface area contributed by atoms with Crippen LogP contribution in [-0.4, -0.2) is 42.9 Å². The van der Waals surface area contributed by atoms with Crippen molar-refractivity contribution in [2.24, 2.45) is 0 Å². The molecule has 1 aliphatic rings. The first-order valence-electron chi connectivity index (χ1n) is 6.44. The molecule has 1 N–H and O–H groups in total. The largest absolute Gasteiger partial charge is 0.355 e. The highest BCUT2D eigenvalue weighted by molar-refractivity contribution is 7.91. The van der Waals surface area contributed by atoms with E-state index in [2.05, 4.69) is 17.1 Å². The van der Waals surface area contributed by atoms with Crippen LogP contribution >= 0.6 is 11.3 Å². The Labute approximate surface area is 131 Å². The van der Waals surface area contributed by atoms with Crippen molar-refractivity contribution in [3.63, 3.8) is 0 Å². The average Bonchev–Trinajstić information content (AvgIpc) is 3.10. The summed E-state index contributed by atoms with van der Waals surface area (Å²) in [5.41, 5.74) is 0. The predicted molar refractivity (Wildman–Crippen MR) is 80.7 cm³/mol. The summed E-state index contributed by atoms with van der Waals surface area (Å²) >= 11 is 1.13. The first-order valence-corrected chi connectivity index (χ1v) is 8.70. The molecule has 3 rings (SSSR count). The van der Waals surface area contributed by atoms with E-state index in [1.165, 1.54) is 16.6 Å². The number of nitrogens with one attached hydrogen (secondary N) is 1. The molecule has 0 atom stereocenters. The number of amides is 1. The van der Waals surface area contributed by atoms with Crippen LogP contribution in [0.4, 0.5) is 0 Å². The summed E-state index contributed by atoms with van der Waals surface area (Å²) in [6, 6.07) is 4.74. The Morgan fingerprint density at radius 2 is 2.23 bits per heavy atom. The van der Waals surface area contributed by atoms with Crippen molar-refractivity contribution in [2.75, 3.05) is 13.1 Å². The number of sulfonamides is 1. The average molecular weight is 339 g/mol. The number of hydrogen-bond acceptors (Lipinski definition) is 6. The van der Waals surface area contributed by atoms with Crippen LogP contribution in [0, 0.1) is 0 Å². The monoisotopic (exact) mass is 339 g/mol. The molecule has 7 nitrogen and oxygen atoms in total. The Bertz CT molecular complexity index is 789. The van der Waals surface area contributed by atoms with E-state index < -0.39 is 10.0 Å². The zero-order chi connectivity index (χ0) is 15.7. The van der Waals surface area contributed by atoms with Crippen LogP contribution < -0.4 is 5.32 Å². The van der Waals surface area contributed by atoms with E-state index in [1.54, 1.807) is 18.2 Å². The van der Waals surface area contributed by atoms with Crippen molar-refractivity contribution in [2.45, 2.75) is 10.3 Å². The number of aromatic nitrogens is 1. The third-order valence-electron chi connectivity index (χ3n) is 3.24. The summed E-state index contributed by atoms with van der Waals surface area (Å²) < 4.78 is 31.5. The number of rotatable bonds is 5. The van der Waals surface area contributed by atoms with Crippen LogP contribution in [0.5, 0.6) is 0 Å². The number of hydrogen-bond donors (Lipinski definition) is 1. The fourth-order valence-corrected chi connectivity index (χ4v) is 5.00. The Balaban J connectivity index is 1.70. The van der Waals surface area contributed by atoms with Gasteiger partial charge >= 0.3 is 0 Å². The van der Waals surface area contributed by atoms with E-state index in [1.807, 2.05) is 0 Å². The van der Waals surface area contributed by atoms with Gasteiger partial charge < -0.3 is 9.84 Å². The summed E-state index contributed by atoms with van der Waals surface area (Å²) in [5.74, 6) is 0.233. The van der Waals surface area contributed by atoms with E-state index >= 15 is 0 Å². The summed E-state index contributed by atoms with van der Waals surface area (Å²) in [7, 11) is -3.54. The molecule has 0 spiro atoms. The fraction of sp³-hybridized carbons (Fsp3) is 0.231. The van der Waals surface area contributed by atoms with Crippen LogP contribution in [0.15, 0.2) is 45.8 Å². The molecule has 9 heteroatoms. The molecule has 22 heavy (non-hydrogen) atoms. The number of carbonyl (C=O) groups is 1. The highest BCUT2D eigenvalue weighted by atomic mass is 32.2. The molecule has 1 aliphatic heterocycles. The van der Waals surface area contributed by atoms with E-state index in [4.69, 9.17) is 4.52 Å². The first kappa shape index (κ1) is 14.9. The number of nitrogens with zero attached hydrogens (tertiary/aromatic N) is 2. The molecule has 1 amide bonds. The minimum Gasteiger partial charge on any atom is -0.355 e. The normalized spacial score (nSPS) is 16.2. The smallest absolute Gasteiger partial charge is 0.252 e. The highest BCUT2D eigenvalue weighted by Crippen LogP contribution is 2.33. The van der Waals surface area contributed by atoms with Gasteiger partial charge in [0.2, 0.25) is 5.91 Å². The van der Waals surface area contributed by atoms with Gasteiger partial charge in [-0.05, 0) is 18.2 Å². The van der Waals surface area contributed by atoms with Crippen LogP contribution in [0.2, 0.25) is 0 Å². The molecule has 2 aromatic heterocycles. The Hall–Kier alpha value is -1.97. The molecule has 3 heterocycles. The van der Waals surface area contributed by atoms with Crippen LogP contribution in [0.25, 0.3) is 10.6 Å². The van der Waals surface area contributed by atoms with Crippen LogP contribution in [0.1, 0.15) is 0 Å². The topological polar surface area (TPSA) is 92.5 Å². The minimum atomic E-state index is -3.54. The van der Waals surface area contributed by atoms with E-state index in [0.29, 0.717) is 10.6 Å². The SMILES string of the molecule is C=CC(=O)NC1CN(S(=O)(=O)c2ccc(-c3ccno3)s2)C1. The van der Waals surface area contributed by atoms with E-state index in [9.17, 15) is 13.2 Å². The standard InChI is InChI=1S/C13H13N3O4S2/c1-2-12(17)15-9-7-16(8-9)22(18,19)13-4-3-11(21-13)10-5-6-14-20-10/h2-6,9H,1,7-8H2,(H,15,17). The van der Waals surface area contributed by atoms with Gasteiger partial charge in [-0.15, -0.1) is 11.3 Å². The second-order valence-corrected chi connectivity index (χ2v) is 7.98. The lowest BCUT2D eigenvalue weighted by Gasteiger charge is -2.37. The van der Waals surface area contributed by atoms with Crippen molar-refractivity contribution in [3.05, 3.63) is 37.1 Å². The maximum absolute atomic E-state index is 12.5. The molecule has 0 unspecified atom stereocenters. The van der Waals surface area contributed by atoms with Gasteiger partial charge in [0.1, 0.15) is 4.21 Å². The van der Waals surface area contributed by atoms with Gasteiger partial charge in [0.25, 0.3) is 10.0 Å². The molecule has 1 saturated heterocycles. The van der Waals surface area contributed by atoms with Crippen molar-refractivity contribution in [1.29, 1.82) is 0 Å². The minimum absolute atomic E-state index is 0.172. The molecule has 2 aromatic rings. The van der Waals surface area contributed by atoms with E-state index in [0.717, 1.165) is 11.3 Å². The molecule has 0 saturated carbocycles. The lowest BCUT2D eigenvalue weighted by atomic mass is 10.2. The molecular weight excluding hydrogens is 326 g/mol. The van der Waals surface area contributed by atoms with Crippen molar-refractivity contribution < 1.29 is 17.7 Å².